The summed E-state index contributed by atoms with van der Waals surface area (Å²) in [5.41, 5.74) is 3.01. The lowest BCUT2D eigenvalue weighted by Crippen LogP contribution is -2.11. The molecule has 0 N–H and O–H groups in total. The predicted octanol–water partition coefficient (Wildman–Crippen LogP) is 3.67. The van der Waals surface area contributed by atoms with E-state index in [4.69, 9.17) is 4.43 Å². The lowest BCUT2D eigenvalue weighted by Gasteiger charge is -2.11. The first-order valence-electron chi connectivity index (χ1n) is 6.94. The molecule has 2 rings (SSSR count). The molecule has 0 spiro atoms. The number of aromatic nitrogens is 2. The maximum Gasteiger partial charge on any atom is 0.274 e. The van der Waals surface area contributed by atoms with Gasteiger partial charge in [0.1, 0.15) is 17.3 Å². The number of rotatable bonds is 5. The largest absolute Gasteiger partial charge is 0.541 e. The van der Waals surface area contributed by atoms with Crippen molar-refractivity contribution < 1.29 is 4.43 Å². The van der Waals surface area contributed by atoms with Gasteiger partial charge in [0, 0.05) is 24.5 Å². The molecule has 21 heavy (non-hydrogen) atoms. The maximum absolute atomic E-state index is 5.90. The van der Waals surface area contributed by atoms with Crippen LogP contribution < -0.4 is 4.43 Å². The molecule has 0 aliphatic heterocycles. The third-order valence-electron chi connectivity index (χ3n) is 2.78. The van der Waals surface area contributed by atoms with Crippen molar-refractivity contribution in [3.8, 4) is 5.75 Å². The van der Waals surface area contributed by atoms with Gasteiger partial charge in [-0.25, -0.2) is 9.97 Å². The van der Waals surface area contributed by atoms with E-state index in [1.807, 2.05) is 37.4 Å². The highest BCUT2D eigenvalue weighted by Crippen LogP contribution is 2.28. The van der Waals surface area contributed by atoms with Crippen LogP contribution in [0.2, 0.25) is 13.1 Å². The molecule has 0 saturated carbocycles. The summed E-state index contributed by atoms with van der Waals surface area (Å²) in [6.45, 7) is 8.24. The van der Waals surface area contributed by atoms with E-state index < -0.39 is 9.04 Å². The highest BCUT2D eigenvalue weighted by atomic mass is 28.3. The number of aryl methyl sites for hydroxylation is 2. The Bertz CT molecular complexity index is 641. The van der Waals surface area contributed by atoms with Gasteiger partial charge in [-0.15, -0.1) is 0 Å². The summed E-state index contributed by atoms with van der Waals surface area (Å²) in [6, 6.07) is 7.95. The van der Waals surface area contributed by atoms with E-state index in [1.165, 1.54) is 5.56 Å². The molecule has 5 heteroatoms. The SMILES string of the molecule is Cc1ccc(N=CCc2nccc(C)n2)c(O[Si](C)C)c1. The lowest BCUT2D eigenvalue weighted by atomic mass is 10.2. The third-order valence-corrected chi connectivity index (χ3v) is 3.41. The number of hydrogen-bond acceptors (Lipinski definition) is 4. The first kappa shape index (κ1) is 15.4. The average molecular weight is 298 g/mol. The Morgan fingerprint density at radius 1 is 1.24 bits per heavy atom. The molecular formula is C16H20N3OSi. The molecule has 0 saturated heterocycles. The molecule has 0 unspecified atom stereocenters. The Morgan fingerprint density at radius 3 is 2.76 bits per heavy atom. The van der Waals surface area contributed by atoms with E-state index in [-0.39, 0.29) is 0 Å². The maximum atomic E-state index is 5.90. The fourth-order valence-electron chi connectivity index (χ4n) is 1.85. The van der Waals surface area contributed by atoms with Crippen molar-refractivity contribution in [3.05, 3.63) is 47.5 Å². The standard InChI is InChI=1S/C16H20N3OSi/c1-12-5-6-14(15(11-12)20-21(3)4)17-10-8-16-18-9-7-13(2)19-16/h5-7,9-11H,8H2,1-4H3. The zero-order valence-electron chi connectivity index (χ0n) is 12.9. The zero-order chi connectivity index (χ0) is 15.2. The summed E-state index contributed by atoms with van der Waals surface area (Å²) < 4.78 is 5.90. The molecule has 0 aliphatic carbocycles. The van der Waals surface area contributed by atoms with Gasteiger partial charge in [0.05, 0.1) is 0 Å². The normalized spacial score (nSPS) is 11.3. The molecule has 0 bridgehead atoms. The Balaban J connectivity index is 2.13. The molecule has 1 aromatic carbocycles. The monoisotopic (exact) mass is 298 g/mol. The Labute approximate surface area is 127 Å². The molecule has 0 atom stereocenters. The van der Waals surface area contributed by atoms with Crippen LogP contribution in [0.15, 0.2) is 35.5 Å². The van der Waals surface area contributed by atoms with E-state index in [1.54, 1.807) is 6.20 Å². The Hall–Kier alpha value is -2.01. The zero-order valence-corrected chi connectivity index (χ0v) is 13.9. The molecule has 1 aromatic heterocycles. The molecule has 0 amide bonds. The fraction of sp³-hybridized carbons (Fsp3) is 0.312. The van der Waals surface area contributed by atoms with Gasteiger partial charge in [0.25, 0.3) is 9.04 Å². The van der Waals surface area contributed by atoms with Gasteiger partial charge in [-0.3, -0.25) is 4.99 Å². The number of nitrogens with zero attached hydrogens (tertiary/aromatic N) is 3. The summed E-state index contributed by atoms with van der Waals surface area (Å²) in [6.07, 6.45) is 4.23. The Kier molecular flexibility index (Phi) is 5.22. The minimum absolute atomic E-state index is 0.616. The van der Waals surface area contributed by atoms with Crippen molar-refractivity contribution >= 4 is 20.9 Å². The number of benzene rings is 1. The first-order valence-corrected chi connectivity index (χ1v) is 9.35. The number of hydrogen-bond donors (Lipinski definition) is 0. The quantitative estimate of drug-likeness (QED) is 0.625. The van der Waals surface area contributed by atoms with Gasteiger partial charge < -0.3 is 4.43 Å². The Morgan fingerprint density at radius 2 is 2.05 bits per heavy atom. The van der Waals surface area contributed by atoms with Crippen LogP contribution in [0.25, 0.3) is 0 Å². The second-order valence-corrected chi connectivity index (χ2v) is 7.13. The summed E-state index contributed by atoms with van der Waals surface area (Å²) in [5, 5.41) is 0. The summed E-state index contributed by atoms with van der Waals surface area (Å²) in [5.74, 6) is 1.64. The van der Waals surface area contributed by atoms with Crippen LogP contribution in [0, 0.1) is 13.8 Å². The van der Waals surface area contributed by atoms with Crippen molar-refractivity contribution in [2.24, 2.45) is 4.99 Å². The van der Waals surface area contributed by atoms with Gasteiger partial charge in [0.15, 0.2) is 0 Å². The molecule has 4 nitrogen and oxygen atoms in total. The summed E-state index contributed by atoms with van der Waals surface area (Å²) >= 11 is 0. The molecular weight excluding hydrogens is 278 g/mol. The summed E-state index contributed by atoms with van der Waals surface area (Å²) in [7, 11) is -0.806. The van der Waals surface area contributed by atoms with Crippen LogP contribution >= 0.6 is 0 Å². The van der Waals surface area contributed by atoms with Gasteiger partial charge in [-0.2, -0.15) is 0 Å². The smallest absolute Gasteiger partial charge is 0.274 e. The molecule has 1 heterocycles. The van der Waals surface area contributed by atoms with Crippen LogP contribution in [0.4, 0.5) is 5.69 Å². The van der Waals surface area contributed by atoms with Gasteiger partial charge in [-0.05, 0) is 50.7 Å². The lowest BCUT2D eigenvalue weighted by molar-refractivity contribution is 0.581. The summed E-state index contributed by atoms with van der Waals surface area (Å²) in [4.78, 5) is 13.1. The second-order valence-electron chi connectivity index (χ2n) is 5.11. The van der Waals surface area contributed by atoms with Crippen molar-refractivity contribution in [1.29, 1.82) is 0 Å². The van der Waals surface area contributed by atoms with E-state index >= 15 is 0 Å². The predicted molar refractivity (Wildman–Crippen MR) is 87.9 cm³/mol. The van der Waals surface area contributed by atoms with Crippen molar-refractivity contribution in [2.45, 2.75) is 33.4 Å². The van der Waals surface area contributed by atoms with Crippen LogP contribution in [0.1, 0.15) is 17.1 Å². The van der Waals surface area contributed by atoms with Crippen LogP contribution in [-0.2, 0) is 6.42 Å². The molecule has 2 aromatic rings. The van der Waals surface area contributed by atoms with E-state index in [0.717, 1.165) is 23.0 Å². The minimum atomic E-state index is -0.806. The fourth-order valence-corrected chi connectivity index (χ4v) is 2.46. The van der Waals surface area contributed by atoms with Gasteiger partial charge in [-0.1, -0.05) is 6.07 Å². The average Bonchev–Trinajstić information content (AvgIpc) is 2.41. The van der Waals surface area contributed by atoms with Gasteiger partial charge >= 0.3 is 0 Å². The van der Waals surface area contributed by atoms with Crippen LogP contribution in [-0.4, -0.2) is 25.2 Å². The highest BCUT2D eigenvalue weighted by Gasteiger charge is 2.06. The van der Waals surface area contributed by atoms with Crippen LogP contribution in [0.5, 0.6) is 5.75 Å². The van der Waals surface area contributed by atoms with E-state index in [2.05, 4.69) is 35.0 Å². The first-order chi connectivity index (χ1) is 10.0. The van der Waals surface area contributed by atoms with Crippen molar-refractivity contribution in [2.75, 3.05) is 0 Å². The van der Waals surface area contributed by atoms with Gasteiger partial charge in [0.2, 0.25) is 0 Å². The molecule has 109 valence electrons. The number of aliphatic imine (C=N–C) groups is 1. The van der Waals surface area contributed by atoms with E-state index in [9.17, 15) is 0 Å². The van der Waals surface area contributed by atoms with Crippen molar-refractivity contribution in [1.82, 2.24) is 9.97 Å². The minimum Gasteiger partial charge on any atom is -0.541 e. The molecule has 0 fully saturated rings. The highest BCUT2D eigenvalue weighted by molar-refractivity contribution is 6.49. The van der Waals surface area contributed by atoms with Crippen LogP contribution in [0.3, 0.4) is 0 Å². The molecule has 0 aliphatic rings. The van der Waals surface area contributed by atoms with Crippen molar-refractivity contribution in [3.63, 3.8) is 0 Å². The molecule has 1 radical (unpaired) electrons. The van der Waals surface area contributed by atoms with E-state index in [0.29, 0.717) is 6.42 Å². The second kappa shape index (κ2) is 7.13. The third kappa shape index (κ3) is 4.79. The topological polar surface area (TPSA) is 47.4 Å².